The van der Waals surface area contributed by atoms with E-state index in [-0.39, 0.29) is 6.04 Å². The Morgan fingerprint density at radius 2 is 2.12 bits per heavy atom. The number of thiophene rings is 1. The molecule has 1 unspecified atom stereocenters. The Morgan fingerprint density at radius 1 is 1.53 bits per heavy atom. The second kappa shape index (κ2) is 4.64. The Kier molecular flexibility index (Phi) is 3.69. The maximum Gasteiger partial charge on any atom is 0.252 e. The zero-order valence-corrected chi connectivity index (χ0v) is 13.3. The molecule has 0 aromatic carbocycles. The van der Waals surface area contributed by atoms with Crippen LogP contribution in [0.25, 0.3) is 0 Å². The highest BCUT2D eigenvalue weighted by Crippen LogP contribution is 2.38. The fourth-order valence-electron chi connectivity index (χ4n) is 1.80. The summed E-state index contributed by atoms with van der Waals surface area (Å²) >= 11 is 4.66. The van der Waals surface area contributed by atoms with Gasteiger partial charge in [-0.1, -0.05) is 0 Å². The number of nitrogens with zero attached hydrogens (tertiary/aromatic N) is 1. The van der Waals surface area contributed by atoms with E-state index in [0.29, 0.717) is 10.1 Å². The van der Waals surface area contributed by atoms with Gasteiger partial charge in [-0.25, -0.2) is 8.42 Å². The van der Waals surface area contributed by atoms with Gasteiger partial charge >= 0.3 is 0 Å². The van der Waals surface area contributed by atoms with Gasteiger partial charge < -0.3 is 0 Å². The summed E-state index contributed by atoms with van der Waals surface area (Å²) in [6.07, 6.45) is 2.29. The Hall–Kier alpha value is 0.0900. The van der Waals surface area contributed by atoms with E-state index in [4.69, 9.17) is 0 Å². The topological polar surface area (TPSA) is 37.4 Å². The van der Waals surface area contributed by atoms with Crippen molar-refractivity contribution in [2.45, 2.75) is 36.9 Å². The normalized spacial score (nSPS) is 18.6. The minimum atomic E-state index is -3.32. The maximum absolute atomic E-state index is 12.4. The van der Waals surface area contributed by atoms with E-state index in [1.54, 1.807) is 13.1 Å². The Morgan fingerprint density at radius 3 is 2.53 bits per heavy atom. The second-order valence-corrected chi connectivity index (χ2v) is 9.22. The number of hydrogen-bond acceptors (Lipinski definition) is 3. The third kappa shape index (κ3) is 2.59. The molecule has 6 heteroatoms. The van der Waals surface area contributed by atoms with Crippen LogP contribution < -0.4 is 0 Å². The van der Waals surface area contributed by atoms with Crippen LogP contribution >= 0.6 is 27.3 Å². The molecule has 1 saturated carbocycles. The molecule has 3 nitrogen and oxygen atoms in total. The molecule has 96 valence electrons. The molecule has 0 spiro atoms. The lowest BCUT2D eigenvalue weighted by molar-refractivity contribution is 0.358. The third-order valence-corrected chi connectivity index (χ3v) is 7.88. The van der Waals surface area contributed by atoms with Gasteiger partial charge in [-0.2, -0.15) is 4.31 Å². The van der Waals surface area contributed by atoms with Gasteiger partial charge in [0.25, 0.3) is 10.0 Å². The fraction of sp³-hybridized carbons (Fsp3) is 0.636. The molecule has 1 aliphatic rings. The molecule has 17 heavy (non-hydrogen) atoms. The summed E-state index contributed by atoms with van der Waals surface area (Å²) in [6, 6.07) is 1.83. The molecular weight excluding hydrogens is 322 g/mol. The zero-order chi connectivity index (χ0) is 12.8. The molecule has 0 radical (unpaired) electrons. The van der Waals surface area contributed by atoms with Crippen LogP contribution in [0.15, 0.2) is 14.1 Å². The van der Waals surface area contributed by atoms with Crippen LogP contribution in [0, 0.1) is 12.8 Å². The Bertz CT molecular complexity index is 500. The van der Waals surface area contributed by atoms with Crippen LogP contribution in [-0.4, -0.2) is 25.8 Å². The largest absolute Gasteiger partial charge is 0.252 e. The van der Waals surface area contributed by atoms with Crippen molar-refractivity contribution in [3.05, 3.63) is 15.4 Å². The number of sulfonamides is 1. The first-order valence-electron chi connectivity index (χ1n) is 5.58. The highest BCUT2D eigenvalue weighted by molar-refractivity contribution is 9.11. The van der Waals surface area contributed by atoms with E-state index in [0.717, 1.165) is 22.2 Å². The highest BCUT2D eigenvalue weighted by Gasteiger charge is 2.36. The van der Waals surface area contributed by atoms with Crippen LogP contribution in [0.2, 0.25) is 0 Å². The summed E-state index contributed by atoms with van der Waals surface area (Å²) in [4.78, 5) is 0. The second-order valence-electron chi connectivity index (χ2n) is 4.62. The van der Waals surface area contributed by atoms with Gasteiger partial charge in [0.15, 0.2) is 0 Å². The minimum Gasteiger partial charge on any atom is -0.206 e. The van der Waals surface area contributed by atoms with Crippen molar-refractivity contribution in [1.29, 1.82) is 0 Å². The van der Waals surface area contributed by atoms with Crippen LogP contribution in [0.1, 0.15) is 25.3 Å². The average Bonchev–Trinajstić information content (AvgIpc) is 3.04. The lowest BCUT2D eigenvalue weighted by atomic mass is 10.2. The van der Waals surface area contributed by atoms with Crippen LogP contribution in [-0.2, 0) is 10.0 Å². The average molecular weight is 338 g/mol. The molecule has 0 N–H and O–H groups in total. The van der Waals surface area contributed by atoms with Crippen molar-refractivity contribution in [2.75, 3.05) is 7.05 Å². The van der Waals surface area contributed by atoms with Crippen LogP contribution in [0.5, 0.6) is 0 Å². The molecule has 1 fully saturated rings. The van der Waals surface area contributed by atoms with E-state index in [9.17, 15) is 8.42 Å². The SMILES string of the molecule is Cc1cc(S(=O)(=O)N(C)C(C)C2CC2)sc1Br. The summed E-state index contributed by atoms with van der Waals surface area (Å²) in [5.74, 6) is 0.541. The van der Waals surface area contributed by atoms with Crippen molar-refractivity contribution in [2.24, 2.45) is 5.92 Å². The van der Waals surface area contributed by atoms with Crippen LogP contribution in [0.3, 0.4) is 0 Å². The number of rotatable bonds is 4. The molecule has 0 amide bonds. The Balaban J connectivity index is 2.28. The smallest absolute Gasteiger partial charge is 0.206 e. The van der Waals surface area contributed by atoms with Crippen molar-refractivity contribution in [1.82, 2.24) is 4.31 Å². The van der Waals surface area contributed by atoms with Crippen molar-refractivity contribution >= 4 is 37.3 Å². The first-order chi connectivity index (χ1) is 7.84. The van der Waals surface area contributed by atoms with E-state index in [1.165, 1.54) is 15.6 Å². The number of aryl methyl sites for hydroxylation is 1. The highest BCUT2D eigenvalue weighted by atomic mass is 79.9. The van der Waals surface area contributed by atoms with E-state index in [1.807, 2.05) is 13.8 Å². The summed E-state index contributed by atoms with van der Waals surface area (Å²) in [5.41, 5.74) is 0.973. The summed E-state index contributed by atoms with van der Waals surface area (Å²) in [5, 5.41) is 0. The lowest BCUT2D eigenvalue weighted by Crippen LogP contribution is -2.36. The molecule has 0 aliphatic heterocycles. The predicted molar refractivity (Wildman–Crippen MR) is 73.9 cm³/mol. The van der Waals surface area contributed by atoms with Gasteiger partial charge in [-0.3, -0.25) is 0 Å². The minimum absolute atomic E-state index is 0.0983. The van der Waals surface area contributed by atoms with Gasteiger partial charge in [0.1, 0.15) is 4.21 Å². The summed E-state index contributed by atoms with van der Waals surface area (Å²) in [7, 11) is -1.64. The fourth-order valence-corrected chi connectivity index (χ4v) is 5.63. The summed E-state index contributed by atoms with van der Waals surface area (Å²) < 4.78 is 27.6. The molecule has 0 saturated heterocycles. The third-order valence-electron chi connectivity index (χ3n) is 3.35. The van der Waals surface area contributed by atoms with Gasteiger partial charge in [-0.15, -0.1) is 11.3 Å². The molecule has 2 rings (SSSR count). The standard InChI is InChI=1S/C11H16BrNO2S2/c1-7-6-10(16-11(7)12)17(14,15)13(3)8(2)9-4-5-9/h6,8-9H,4-5H2,1-3H3. The maximum atomic E-state index is 12.4. The van der Waals surface area contributed by atoms with Gasteiger partial charge in [0, 0.05) is 13.1 Å². The molecule has 1 aliphatic carbocycles. The van der Waals surface area contributed by atoms with Crippen LogP contribution in [0.4, 0.5) is 0 Å². The van der Waals surface area contributed by atoms with Crippen molar-refractivity contribution < 1.29 is 8.42 Å². The van der Waals surface area contributed by atoms with E-state index in [2.05, 4.69) is 15.9 Å². The van der Waals surface area contributed by atoms with E-state index < -0.39 is 10.0 Å². The molecule has 1 atom stereocenters. The summed E-state index contributed by atoms with van der Waals surface area (Å²) in [6.45, 7) is 3.90. The lowest BCUT2D eigenvalue weighted by Gasteiger charge is -2.23. The first-order valence-corrected chi connectivity index (χ1v) is 8.63. The number of hydrogen-bond donors (Lipinski definition) is 0. The van der Waals surface area contributed by atoms with Gasteiger partial charge in [0.2, 0.25) is 0 Å². The molecule has 0 bridgehead atoms. The predicted octanol–water partition coefficient (Wildman–Crippen LogP) is 3.24. The molecule has 1 aromatic rings. The molecule has 1 aromatic heterocycles. The van der Waals surface area contributed by atoms with E-state index >= 15 is 0 Å². The number of halogens is 1. The molecular formula is C11H16BrNO2S2. The monoisotopic (exact) mass is 337 g/mol. The Labute approximate surface area is 115 Å². The van der Waals surface area contributed by atoms with Crippen molar-refractivity contribution in [3.63, 3.8) is 0 Å². The quantitative estimate of drug-likeness (QED) is 0.845. The van der Waals surface area contributed by atoms with Gasteiger partial charge in [-0.05, 0) is 60.2 Å². The zero-order valence-electron chi connectivity index (χ0n) is 10.1. The van der Waals surface area contributed by atoms with Gasteiger partial charge in [0.05, 0.1) is 3.79 Å². The van der Waals surface area contributed by atoms with Crippen molar-refractivity contribution in [3.8, 4) is 0 Å². The molecule has 1 heterocycles. The first kappa shape index (κ1) is 13.5.